The second-order valence-electron chi connectivity index (χ2n) is 7.13. The van der Waals surface area contributed by atoms with Crippen molar-refractivity contribution in [2.75, 3.05) is 31.1 Å². The van der Waals surface area contributed by atoms with E-state index in [1.807, 2.05) is 30.3 Å². The maximum atomic E-state index is 12.7. The van der Waals surface area contributed by atoms with Gasteiger partial charge in [0.2, 0.25) is 11.8 Å². The summed E-state index contributed by atoms with van der Waals surface area (Å²) < 4.78 is 5.02. The third kappa shape index (κ3) is 2.99. The van der Waals surface area contributed by atoms with Gasteiger partial charge in [-0.15, -0.1) is 0 Å². The summed E-state index contributed by atoms with van der Waals surface area (Å²) in [7, 11) is 0. The van der Waals surface area contributed by atoms with Gasteiger partial charge in [-0.2, -0.15) is 0 Å². The van der Waals surface area contributed by atoms with Gasteiger partial charge < -0.3 is 19.1 Å². The molecule has 1 atom stereocenters. The molecule has 2 fully saturated rings. The molecule has 2 aromatic rings. The highest BCUT2D eigenvalue weighted by molar-refractivity contribution is 5.99. The van der Waals surface area contributed by atoms with Gasteiger partial charge in [0.25, 0.3) is 5.91 Å². The van der Waals surface area contributed by atoms with E-state index in [0.717, 1.165) is 5.69 Å². The Balaban J connectivity index is 1.63. The van der Waals surface area contributed by atoms with E-state index in [0.29, 0.717) is 31.6 Å². The number of likely N-dealkylation sites (tertiary alicyclic amines) is 1. The van der Waals surface area contributed by atoms with Crippen LogP contribution in [0.4, 0.5) is 5.69 Å². The van der Waals surface area contributed by atoms with Crippen LogP contribution in [-0.4, -0.2) is 59.2 Å². The normalized spacial score (nSPS) is 22.6. The van der Waals surface area contributed by atoms with Crippen molar-refractivity contribution in [3.8, 4) is 0 Å². The number of nitrogens with zero attached hydrogens (tertiary/aromatic N) is 3. The van der Waals surface area contributed by atoms with Gasteiger partial charge in [0, 0.05) is 25.7 Å². The fourth-order valence-electron chi connectivity index (χ4n) is 4.09. The summed E-state index contributed by atoms with van der Waals surface area (Å²) in [4.78, 5) is 42.8. The first-order valence-electron chi connectivity index (χ1n) is 8.95. The van der Waals surface area contributed by atoms with Crippen LogP contribution in [0.25, 0.3) is 0 Å². The summed E-state index contributed by atoms with van der Waals surface area (Å²) in [5.41, 5.74) is 0.729. The average Bonchev–Trinajstić information content (AvgIpc) is 3.34. The van der Waals surface area contributed by atoms with Crippen LogP contribution in [0.3, 0.4) is 0 Å². The van der Waals surface area contributed by atoms with E-state index in [4.69, 9.17) is 4.42 Å². The molecule has 1 aromatic carbocycles. The van der Waals surface area contributed by atoms with Crippen molar-refractivity contribution in [1.29, 1.82) is 0 Å². The molecule has 0 aliphatic carbocycles. The van der Waals surface area contributed by atoms with Crippen LogP contribution in [0.1, 0.15) is 23.7 Å². The Morgan fingerprint density at radius 3 is 2.56 bits per heavy atom. The largest absolute Gasteiger partial charge is 0.472 e. The Kier molecular flexibility index (Phi) is 4.22. The molecule has 0 saturated carbocycles. The molecule has 7 heteroatoms. The summed E-state index contributed by atoms with van der Waals surface area (Å²) in [6, 6.07) is 11.1. The molecule has 140 valence electrons. The minimum atomic E-state index is -0.574. The fraction of sp³-hybridized carbons (Fsp3) is 0.350. The highest BCUT2D eigenvalue weighted by Crippen LogP contribution is 2.35. The molecular formula is C20H21N3O4. The van der Waals surface area contributed by atoms with E-state index < -0.39 is 5.54 Å². The number of amides is 3. The quantitative estimate of drug-likeness (QED) is 0.811. The Labute approximate surface area is 157 Å². The Morgan fingerprint density at radius 1 is 1.11 bits per heavy atom. The molecule has 2 aliphatic rings. The van der Waals surface area contributed by atoms with Crippen LogP contribution < -0.4 is 4.90 Å². The van der Waals surface area contributed by atoms with Gasteiger partial charge in [0.15, 0.2) is 0 Å². The Hall–Kier alpha value is -3.09. The van der Waals surface area contributed by atoms with Crippen molar-refractivity contribution in [2.24, 2.45) is 0 Å². The third-order valence-corrected chi connectivity index (χ3v) is 5.46. The second-order valence-corrected chi connectivity index (χ2v) is 7.13. The summed E-state index contributed by atoms with van der Waals surface area (Å²) in [6.45, 7) is 2.81. The number of carbonyl (C=O) groups excluding carboxylic acids is 3. The number of carbonyl (C=O) groups is 3. The lowest BCUT2D eigenvalue weighted by Gasteiger charge is -2.48. The molecule has 3 amide bonds. The average molecular weight is 367 g/mol. The second kappa shape index (κ2) is 6.57. The first-order valence-corrected chi connectivity index (χ1v) is 8.95. The van der Waals surface area contributed by atoms with Crippen LogP contribution in [0, 0.1) is 0 Å². The number of anilines is 1. The van der Waals surface area contributed by atoms with Crippen molar-refractivity contribution in [3.05, 3.63) is 54.5 Å². The number of para-hydroxylation sites is 1. The SMILES string of the molecule is CC(=O)N1CC(=O)N(c2ccccc2)CC12CCN(C(=O)c1ccoc1)C2. The first-order chi connectivity index (χ1) is 13.0. The molecule has 0 bridgehead atoms. The topological polar surface area (TPSA) is 74.1 Å². The van der Waals surface area contributed by atoms with Gasteiger partial charge in [-0.05, 0) is 24.6 Å². The lowest BCUT2D eigenvalue weighted by Crippen LogP contribution is -2.67. The van der Waals surface area contributed by atoms with Crippen LogP contribution in [0.2, 0.25) is 0 Å². The lowest BCUT2D eigenvalue weighted by atomic mass is 9.91. The predicted molar refractivity (Wildman–Crippen MR) is 98.1 cm³/mol. The Morgan fingerprint density at radius 2 is 1.89 bits per heavy atom. The van der Waals surface area contributed by atoms with E-state index in [2.05, 4.69) is 0 Å². The minimum Gasteiger partial charge on any atom is -0.472 e. The lowest BCUT2D eigenvalue weighted by molar-refractivity contribution is -0.142. The molecule has 1 spiro atoms. The van der Waals surface area contributed by atoms with Gasteiger partial charge in [-0.25, -0.2) is 0 Å². The van der Waals surface area contributed by atoms with Crippen LogP contribution in [0.15, 0.2) is 53.3 Å². The maximum Gasteiger partial charge on any atom is 0.257 e. The summed E-state index contributed by atoms with van der Waals surface area (Å²) in [6.07, 6.45) is 3.53. The van der Waals surface area contributed by atoms with Crippen molar-refractivity contribution in [3.63, 3.8) is 0 Å². The van der Waals surface area contributed by atoms with Gasteiger partial charge in [0.1, 0.15) is 12.8 Å². The number of furan rings is 1. The number of hydrogen-bond donors (Lipinski definition) is 0. The van der Waals surface area contributed by atoms with E-state index in [9.17, 15) is 14.4 Å². The molecule has 0 radical (unpaired) electrons. The Bertz CT molecular complexity index is 865. The molecule has 1 unspecified atom stereocenters. The van der Waals surface area contributed by atoms with Gasteiger partial charge >= 0.3 is 0 Å². The molecule has 1 aromatic heterocycles. The van der Waals surface area contributed by atoms with Gasteiger partial charge in [-0.1, -0.05) is 18.2 Å². The number of piperazine rings is 1. The number of hydrogen-bond acceptors (Lipinski definition) is 4. The standard InChI is InChI=1S/C20H21N3O4/c1-15(24)23-11-18(25)22(17-5-3-2-4-6-17)14-20(23)8-9-21(13-20)19(26)16-7-10-27-12-16/h2-7,10,12H,8-9,11,13-14H2,1H3. The summed E-state index contributed by atoms with van der Waals surface area (Å²) >= 11 is 0. The summed E-state index contributed by atoms with van der Waals surface area (Å²) in [5.74, 6) is -0.373. The van der Waals surface area contributed by atoms with Crippen molar-refractivity contribution >= 4 is 23.4 Å². The smallest absolute Gasteiger partial charge is 0.257 e. The zero-order valence-electron chi connectivity index (χ0n) is 15.1. The van der Waals surface area contributed by atoms with Crippen LogP contribution in [-0.2, 0) is 9.59 Å². The zero-order valence-corrected chi connectivity index (χ0v) is 15.1. The van der Waals surface area contributed by atoms with E-state index >= 15 is 0 Å². The van der Waals surface area contributed by atoms with Gasteiger partial charge in [0.05, 0.1) is 23.9 Å². The van der Waals surface area contributed by atoms with E-state index in [-0.39, 0.29) is 24.3 Å². The minimum absolute atomic E-state index is 0.0258. The fourth-order valence-corrected chi connectivity index (χ4v) is 4.09. The first kappa shape index (κ1) is 17.3. The third-order valence-electron chi connectivity index (χ3n) is 5.46. The van der Waals surface area contributed by atoms with E-state index in [1.165, 1.54) is 19.5 Å². The molecule has 7 nitrogen and oxygen atoms in total. The number of rotatable bonds is 2. The summed E-state index contributed by atoms with van der Waals surface area (Å²) in [5, 5.41) is 0. The highest BCUT2D eigenvalue weighted by atomic mass is 16.3. The number of benzene rings is 1. The van der Waals surface area contributed by atoms with Crippen molar-refractivity contribution < 1.29 is 18.8 Å². The van der Waals surface area contributed by atoms with Gasteiger partial charge in [-0.3, -0.25) is 14.4 Å². The molecular weight excluding hydrogens is 346 g/mol. The molecule has 0 N–H and O–H groups in total. The van der Waals surface area contributed by atoms with Crippen molar-refractivity contribution in [1.82, 2.24) is 9.80 Å². The monoisotopic (exact) mass is 367 g/mol. The predicted octanol–water partition coefficient (Wildman–Crippen LogP) is 1.76. The molecule has 4 rings (SSSR count). The zero-order chi connectivity index (χ0) is 19.0. The van der Waals surface area contributed by atoms with E-state index in [1.54, 1.807) is 20.8 Å². The van der Waals surface area contributed by atoms with Crippen LogP contribution >= 0.6 is 0 Å². The molecule has 27 heavy (non-hydrogen) atoms. The van der Waals surface area contributed by atoms with Crippen LogP contribution in [0.5, 0.6) is 0 Å². The molecule has 2 aliphatic heterocycles. The van der Waals surface area contributed by atoms with Crippen molar-refractivity contribution in [2.45, 2.75) is 18.9 Å². The highest BCUT2D eigenvalue weighted by Gasteiger charge is 2.51. The maximum absolute atomic E-state index is 12.7. The molecule has 3 heterocycles. The molecule has 2 saturated heterocycles.